The van der Waals surface area contributed by atoms with Gasteiger partial charge in [0.05, 0.1) is 53.4 Å². The zero-order chi connectivity index (χ0) is 39.5. The van der Waals surface area contributed by atoms with Crippen molar-refractivity contribution in [3.63, 3.8) is 0 Å². The molecule has 300 valence electrons. The summed E-state index contributed by atoms with van der Waals surface area (Å²) in [4.78, 5) is 19.6. The summed E-state index contributed by atoms with van der Waals surface area (Å²) in [7, 11) is 3.28. The molecule has 2 aromatic carbocycles. The van der Waals surface area contributed by atoms with Crippen molar-refractivity contribution < 1.29 is 32.1 Å². The van der Waals surface area contributed by atoms with Crippen molar-refractivity contribution >= 4 is 39.5 Å². The Morgan fingerprint density at radius 1 is 1.05 bits per heavy atom. The van der Waals surface area contributed by atoms with E-state index in [0.717, 1.165) is 72.2 Å². The van der Waals surface area contributed by atoms with Gasteiger partial charge in [0.25, 0.3) is 0 Å². The number of hydrogen-bond acceptors (Lipinski definition) is 9. The molecule has 4 atom stereocenters. The van der Waals surface area contributed by atoms with E-state index in [0.29, 0.717) is 42.3 Å². The summed E-state index contributed by atoms with van der Waals surface area (Å²) in [6.07, 6.45) is 3.58. The molecular weight excluding hydrogens is 747 g/mol. The van der Waals surface area contributed by atoms with E-state index in [9.17, 15) is 13.2 Å². The van der Waals surface area contributed by atoms with Gasteiger partial charge in [0.2, 0.25) is 0 Å². The number of benzene rings is 2. The predicted molar refractivity (Wildman–Crippen MR) is 208 cm³/mol. The maximum absolute atomic E-state index is 13.4. The minimum absolute atomic E-state index is 0.0303. The van der Waals surface area contributed by atoms with Gasteiger partial charge in [0.1, 0.15) is 41.2 Å². The summed E-state index contributed by atoms with van der Waals surface area (Å²) in [5.74, 6) is 2.96. The number of methoxy groups -OCH3 is 2. The topological polar surface area (TPSA) is 112 Å². The van der Waals surface area contributed by atoms with Crippen molar-refractivity contribution in [2.45, 2.75) is 109 Å². The van der Waals surface area contributed by atoms with Gasteiger partial charge in [0, 0.05) is 55.3 Å². The van der Waals surface area contributed by atoms with Gasteiger partial charge >= 0.3 is 6.18 Å². The van der Waals surface area contributed by atoms with Crippen LogP contribution in [-0.4, -0.2) is 80.2 Å². The number of rotatable bonds is 13. The van der Waals surface area contributed by atoms with Crippen LogP contribution < -0.4 is 14.8 Å². The Balaban J connectivity index is 0.932. The lowest BCUT2D eigenvalue weighted by atomic mass is 9.76. The number of hydrogen-bond donors (Lipinski definition) is 2. The van der Waals surface area contributed by atoms with E-state index in [1.165, 1.54) is 6.07 Å². The second-order valence-electron chi connectivity index (χ2n) is 16.2. The van der Waals surface area contributed by atoms with Crippen LogP contribution in [0.3, 0.4) is 0 Å². The summed E-state index contributed by atoms with van der Waals surface area (Å²) >= 11 is 5.94. The molecule has 15 heteroatoms. The molecule has 1 aliphatic heterocycles. The lowest BCUT2D eigenvalue weighted by Crippen LogP contribution is -2.51. The standard InChI is InChI=1S/C41H49ClF3N7O4/c1-22(2)52(26-13-23(14-26)7-10-35-49-31-17-29(41(43,44)45)30(42)18-32(31)50-35)20-25-15-33(37-36(25)55-40(3,4)56-37)51-12-11-28-38(47-21-48-39(28)51)46-19-24-8-9-27(53-5)16-34(24)54-6/h8-9,11-12,16-18,21-23,25-26,33,36-37H,7,10,13-15,19-20H2,1-6H3,(H,49,50)(H,46,47,48)/t23?,25-,26?,33-,36-,37?/m1/s1. The average Bonchev–Trinajstić information content (AvgIpc) is 3.89. The van der Waals surface area contributed by atoms with E-state index < -0.39 is 17.5 Å². The molecule has 3 aromatic heterocycles. The van der Waals surface area contributed by atoms with Gasteiger partial charge < -0.3 is 33.8 Å². The number of ether oxygens (including phenoxy) is 4. The van der Waals surface area contributed by atoms with Crippen LogP contribution >= 0.6 is 11.6 Å². The summed E-state index contributed by atoms with van der Waals surface area (Å²) < 4.78 is 66.6. The van der Waals surface area contributed by atoms with Gasteiger partial charge in [-0.25, -0.2) is 15.0 Å². The second kappa shape index (κ2) is 15.0. The highest BCUT2D eigenvalue weighted by molar-refractivity contribution is 6.32. The van der Waals surface area contributed by atoms with Crippen LogP contribution in [0.25, 0.3) is 22.1 Å². The van der Waals surface area contributed by atoms with Gasteiger partial charge in [-0.1, -0.05) is 11.6 Å². The van der Waals surface area contributed by atoms with Crippen molar-refractivity contribution in [3.05, 3.63) is 70.9 Å². The fraction of sp³-hybridized carbons (Fsp3) is 0.537. The minimum atomic E-state index is -4.52. The number of nitrogens with one attached hydrogen (secondary N) is 2. The Hall–Kier alpha value is -4.11. The van der Waals surface area contributed by atoms with Crippen molar-refractivity contribution in [2.75, 3.05) is 26.1 Å². The summed E-state index contributed by atoms with van der Waals surface area (Å²) in [6.45, 7) is 9.91. The molecular formula is C41H49ClF3N7O4. The zero-order valence-electron chi connectivity index (χ0n) is 32.5. The molecule has 11 nitrogen and oxygen atoms in total. The first kappa shape index (κ1) is 38.7. The van der Waals surface area contributed by atoms with E-state index in [-0.39, 0.29) is 34.7 Å². The Morgan fingerprint density at radius 2 is 1.84 bits per heavy atom. The fourth-order valence-corrected chi connectivity index (χ4v) is 9.35. The van der Waals surface area contributed by atoms with E-state index in [1.807, 2.05) is 32.0 Å². The maximum atomic E-state index is 13.4. The molecule has 3 aliphatic rings. The maximum Gasteiger partial charge on any atom is 0.417 e. The fourth-order valence-electron chi connectivity index (χ4n) is 9.08. The smallest absolute Gasteiger partial charge is 0.417 e. The van der Waals surface area contributed by atoms with Crippen molar-refractivity contribution in [1.29, 1.82) is 0 Å². The van der Waals surface area contributed by atoms with Gasteiger partial charge in [-0.3, -0.25) is 4.90 Å². The quantitative estimate of drug-likeness (QED) is 0.121. The van der Waals surface area contributed by atoms with Crippen LogP contribution in [0.1, 0.15) is 76.4 Å². The lowest BCUT2D eigenvalue weighted by molar-refractivity contribution is -0.161. The SMILES string of the molecule is COc1ccc(CNc2ncnc3c2ccn3[C@@H]2C[C@H](CN(C(C)C)C3CC(CCc4nc5cc(C(F)(F)F)c(Cl)cc5[nH]4)C3)[C@H]3OC(C)(C)OC23)c(OC)c1. The molecule has 5 aromatic rings. The van der Waals surface area contributed by atoms with Crippen LogP contribution in [0.2, 0.25) is 5.02 Å². The normalized spacial score (nSPS) is 24.6. The number of H-pyrrole nitrogens is 1. The number of aromatic amines is 1. The van der Waals surface area contributed by atoms with Crippen LogP contribution in [0.15, 0.2) is 48.9 Å². The number of halogens is 4. The molecule has 1 unspecified atom stereocenters. The highest BCUT2D eigenvalue weighted by Gasteiger charge is 2.55. The van der Waals surface area contributed by atoms with Crippen LogP contribution in [0.4, 0.5) is 19.0 Å². The van der Waals surface area contributed by atoms with Gasteiger partial charge in [0.15, 0.2) is 5.79 Å². The first-order valence-corrected chi connectivity index (χ1v) is 19.7. The number of aryl methyl sites for hydroxylation is 1. The third-order valence-corrected chi connectivity index (χ3v) is 12.2. The molecule has 2 aliphatic carbocycles. The molecule has 0 radical (unpaired) electrons. The van der Waals surface area contributed by atoms with E-state index >= 15 is 0 Å². The Labute approximate surface area is 329 Å². The number of alkyl halides is 3. The van der Waals surface area contributed by atoms with Crippen LogP contribution in [-0.2, 0) is 28.6 Å². The molecule has 1 saturated heterocycles. The first-order chi connectivity index (χ1) is 26.7. The zero-order valence-corrected chi connectivity index (χ0v) is 33.2. The van der Waals surface area contributed by atoms with Gasteiger partial charge in [-0.2, -0.15) is 13.2 Å². The molecule has 4 heterocycles. The number of imidazole rings is 1. The summed E-state index contributed by atoms with van der Waals surface area (Å²) in [6, 6.07) is 11.0. The van der Waals surface area contributed by atoms with E-state index in [2.05, 4.69) is 55.8 Å². The number of nitrogens with zero attached hydrogens (tertiary/aromatic N) is 5. The van der Waals surface area contributed by atoms with Crippen molar-refractivity contribution in [3.8, 4) is 11.5 Å². The highest BCUT2D eigenvalue weighted by atomic mass is 35.5. The lowest BCUT2D eigenvalue weighted by Gasteiger charge is -2.46. The molecule has 8 rings (SSSR count). The third-order valence-electron chi connectivity index (χ3n) is 11.9. The minimum Gasteiger partial charge on any atom is -0.497 e. The molecule has 0 bridgehead atoms. The number of fused-ring (bicyclic) bond motifs is 3. The monoisotopic (exact) mass is 795 g/mol. The van der Waals surface area contributed by atoms with E-state index in [4.69, 9.17) is 35.5 Å². The largest absolute Gasteiger partial charge is 0.497 e. The second-order valence-corrected chi connectivity index (χ2v) is 16.6. The van der Waals surface area contributed by atoms with Gasteiger partial charge in [-0.05, 0) is 89.6 Å². The Kier molecular flexibility index (Phi) is 10.4. The predicted octanol–water partition coefficient (Wildman–Crippen LogP) is 8.81. The highest BCUT2D eigenvalue weighted by Crippen LogP contribution is 2.49. The van der Waals surface area contributed by atoms with Gasteiger partial charge in [-0.15, -0.1) is 0 Å². The summed E-state index contributed by atoms with van der Waals surface area (Å²) in [5.41, 5.74) is 1.77. The molecule has 0 spiro atoms. The molecule has 2 N–H and O–H groups in total. The van der Waals surface area contributed by atoms with Crippen LogP contribution in [0, 0.1) is 11.8 Å². The van der Waals surface area contributed by atoms with Crippen molar-refractivity contribution in [2.24, 2.45) is 11.8 Å². The average molecular weight is 796 g/mol. The Bertz CT molecular complexity index is 2200. The Morgan fingerprint density at radius 3 is 2.57 bits per heavy atom. The molecule has 3 fully saturated rings. The molecule has 56 heavy (non-hydrogen) atoms. The molecule has 0 amide bonds. The van der Waals surface area contributed by atoms with Crippen LogP contribution in [0.5, 0.6) is 11.5 Å². The summed E-state index contributed by atoms with van der Waals surface area (Å²) in [5, 5.41) is 4.10. The third kappa shape index (κ3) is 7.52. The molecule has 2 saturated carbocycles. The first-order valence-electron chi connectivity index (χ1n) is 19.3. The number of aromatic nitrogens is 5. The van der Waals surface area contributed by atoms with E-state index in [1.54, 1.807) is 20.5 Å². The number of anilines is 1. The van der Waals surface area contributed by atoms with Crippen molar-refractivity contribution in [1.82, 2.24) is 29.4 Å².